The number of carbonyl (C=O) groups excluding carboxylic acids is 1. The Hall–Kier alpha value is -2.05. The molecule has 4 nitrogen and oxygen atoms in total. The normalized spacial score (nSPS) is 13.1. The van der Waals surface area contributed by atoms with Gasteiger partial charge in [-0.25, -0.2) is 4.79 Å². The first-order chi connectivity index (χ1) is 9.12. The Kier molecular flexibility index (Phi) is 4.75. The summed E-state index contributed by atoms with van der Waals surface area (Å²) in [7, 11) is 0. The maximum absolute atomic E-state index is 12.5. The van der Waals surface area contributed by atoms with E-state index in [2.05, 4.69) is 5.32 Å². The average molecular weight is 289 g/mol. The maximum atomic E-state index is 12.5. The van der Waals surface area contributed by atoms with Crippen LogP contribution < -0.4 is 5.32 Å². The van der Waals surface area contributed by atoms with Crippen molar-refractivity contribution in [1.82, 2.24) is 5.32 Å². The van der Waals surface area contributed by atoms with Crippen molar-refractivity contribution in [3.05, 3.63) is 35.4 Å². The zero-order chi connectivity index (χ0) is 15.5. The van der Waals surface area contributed by atoms with E-state index >= 15 is 0 Å². The molecule has 110 valence electrons. The largest absolute Gasteiger partial charge is 0.480 e. The number of alkyl halides is 3. The Morgan fingerprint density at radius 2 is 1.85 bits per heavy atom. The number of carboxylic acids is 1. The second kappa shape index (κ2) is 5.94. The molecule has 1 aromatic rings. The van der Waals surface area contributed by atoms with Crippen LogP contribution in [-0.2, 0) is 11.0 Å². The van der Waals surface area contributed by atoms with E-state index in [4.69, 9.17) is 5.11 Å². The number of hydrogen-bond acceptors (Lipinski definition) is 2. The van der Waals surface area contributed by atoms with Gasteiger partial charge >= 0.3 is 12.1 Å². The monoisotopic (exact) mass is 289 g/mol. The van der Waals surface area contributed by atoms with Gasteiger partial charge in [-0.15, -0.1) is 0 Å². The van der Waals surface area contributed by atoms with Gasteiger partial charge in [0.25, 0.3) is 5.91 Å². The van der Waals surface area contributed by atoms with E-state index < -0.39 is 29.7 Å². The fourth-order valence-corrected chi connectivity index (χ4v) is 1.57. The summed E-state index contributed by atoms with van der Waals surface area (Å²) < 4.78 is 37.6. The minimum atomic E-state index is -4.56. The zero-order valence-corrected chi connectivity index (χ0v) is 10.9. The third-order valence-corrected chi connectivity index (χ3v) is 2.67. The number of halogens is 3. The van der Waals surface area contributed by atoms with Gasteiger partial charge in [-0.05, 0) is 24.1 Å². The van der Waals surface area contributed by atoms with Crippen LogP contribution in [0.2, 0.25) is 0 Å². The fourth-order valence-electron chi connectivity index (χ4n) is 1.57. The fraction of sp³-hybridized carbons (Fsp3) is 0.385. The van der Waals surface area contributed by atoms with E-state index in [-0.39, 0.29) is 11.5 Å². The van der Waals surface area contributed by atoms with Crippen LogP contribution in [0.25, 0.3) is 0 Å². The first-order valence-electron chi connectivity index (χ1n) is 5.84. The molecular weight excluding hydrogens is 275 g/mol. The van der Waals surface area contributed by atoms with Crippen molar-refractivity contribution in [2.24, 2.45) is 5.92 Å². The second-order valence-electron chi connectivity index (χ2n) is 4.61. The number of carboxylic acid groups (broad SMARTS) is 1. The van der Waals surface area contributed by atoms with E-state index in [9.17, 15) is 22.8 Å². The molecule has 0 aliphatic rings. The molecule has 0 aromatic heterocycles. The lowest BCUT2D eigenvalue weighted by molar-refractivity contribution is -0.140. The predicted molar refractivity (Wildman–Crippen MR) is 65.2 cm³/mol. The number of aliphatic carboxylic acids is 1. The lowest BCUT2D eigenvalue weighted by Crippen LogP contribution is -2.44. The summed E-state index contributed by atoms with van der Waals surface area (Å²) >= 11 is 0. The number of hydrogen-bond donors (Lipinski definition) is 2. The molecule has 0 spiro atoms. The summed E-state index contributed by atoms with van der Waals surface area (Å²) in [6.45, 7) is 3.18. The standard InChI is InChI=1S/C13H14F3NO3/c1-7(2)10(12(19)20)17-11(18)8-4-3-5-9(6-8)13(14,15)16/h3-7,10H,1-2H3,(H,17,18)(H,19,20). The Balaban J connectivity index is 2.96. The Morgan fingerprint density at radius 3 is 2.30 bits per heavy atom. The van der Waals surface area contributed by atoms with Crippen molar-refractivity contribution in [2.75, 3.05) is 0 Å². The molecule has 0 saturated heterocycles. The van der Waals surface area contributed by atoms with E-state index in [1.54, 1.807) is 13.8 Å². The van der Waals surface area contributed by atoms with Crippen molar-refractivity contribution < 1.29 is 27.9 Å². The van der Waals surface area contributed by atoms with Crippen LogP contribution in [0.1, 0.15) is 29.8 Å². The SMILES string of the molecule is CC(C)C(NC(=O)c1cccc(C(F)(F)F)c1)C(=O)O. The minimum absolute atomic E-state index is 0.230. The molecular formula is C13H14F3NO3. The predicted octanol–water partition coefficient (Wildman–Crippen LogP) is 2.54. The molecule has 1 rings (SSSR count). The van der Waals surface area contributed by atoms with Gasteiger partial charge in [0.15, 0.2) is 0 Å². The highest BCUT2D eigenvalue weighted by Gasteiger charge is 2.31. The van der Waals surface area contributed by atoms with Gasteiger partial charge in [-0.1, -0.05) is 19.9 Å². The highest BCUT2D eigenvalue weighted by atomic mass is 19.4. The van der Waals surface area contributed by atoms with E-state index in [1.165, 1.54) is 6.07 Å². The number of rotatable bonds is 4. The van der Waals surface area contributed by atoms with Crippen molar-refractivity contribution >= 4 is 11.9 Å². The molecule has 1 amide bonds. The molecule has 1 unspecified atom stereocenters. The summed E-state index contributed by atoms with van der Waals surface area (Å²) in [5.74, 6) is -2.47. The molecule has 2 N–H and O–H groups in total. The summed E-state index contributed by atoms with van der Waals surface area (Å²) in [6, 6.07) is 2.67. The minimum Gasteiger partial charge on any atom is -0.480 e. The molecule has 1 aromatic carbocycles. The third kappa shape index (κ3) is 3.97. The van der Waals surface area contributed by atoms with E-state index in [0.29, 0.717) is 6.07 Å². The zero-order valence-electron chi connectivity index (χ0n) is 10.9. The van der Waals surface area contributed by atoms with Crippen LogP contribution >= 0.6 is 0 Å². The van der Waals surface area contributed by atoms with Gasteiger partial charge in [0, 0.05) is 5.56 Å². The highest BCUT2D eigenvalue weighted by Crippen LogP contribution is 2.29. The van der Waals surface area contributed by atoms with E-state index in [0.717, 1.165) is 12.1 Å². The number of nitrogens with one attached hydrogen (secondary N) is 1. The van der Waals surface area contributed by atoms with E-state index in [1.807, 2.05) is 0 Å². The quantitative estimate of drug-likeness (QED) is 0.895. The molecule has 1 atom stereocenters. The van der Waals surface area contributed by atoms with Gasteiger partial charge in [0.2, 0.25) is 0 Å². The highest BCUT2D eigenvalue weighted by molar-refractivity contribution is 5.96. The smallest absolute Gasteiger partial charge is 0.416 e. The van der Waals surface area contributed by atoms with Crippen LogP contribution in [0, 0.1) is 5.92 Å². The van der Waals surface area contributed by atoms with Crippen LogP contribution in [0.3, 0.4) is 0 Å². The summed E-state index contributed by atoms with van der Waals surface area (Å²) in [5, 5.41) is 11.1. The Bertz CT molecular complexity index is 512. The molecule has 0 bridgehead atoms. The first-order valence-corrected chi connectivity index (χ1v) is 5.84. The van der Waals surface area contributed by atoms with Crippen molar-refractivity contribution in [2.45, 2.75) is 26.1 Å². The van der Waals surface area contributed by atoms with Crippen molar-refractivity contribution in [1.29, 1.82) is 0 Å². The van der Waals surface area contributed by atoms with Crippen molar-refractivity contribution in [3.8, 4) is 0 Å². The molecule has 0 heterocycles. The molecule has 0 fully saturated rings. The molecule has 20 heavy (non-hydrogen) atoms. The second-order valence-corrected chi connectivity index (χ2v) is 4.61. The summed E-state index contributed by atoms with van der Waals surface area (Å²) in [6.07, 6.45) is -4.56. The van der Waals surface area contributed by atoms with Gasteiger partial charge < -0.3 is 10.4 Å². The van der Waals surface area contributed by atoms with Crippen LogP contribution in [0.4, 0.5) is 13.2 Å². The Labute approximate surface area is 113 Å². The summed E-state index contributed by atoms with van der Waals surface area (Å²) in [4.78, 5) is 22.7. The van der Waals surface area contributed by atoms with Gasteiger partial charge in [0.05, 0.1) is 5.56 Å². The first kappa shape index (κ1) is 16.0. The third-order valence-electron chi connectivity index (χ3n) is 2.67. The van der Waals surface area contributed by atoms with Crippen molar-refractivity contribution in [3.63, 3.8) is 0 Å². The number of carbonyl (C=O) groups is 2. The van der Waals surface area contributed by atoms with Crippen LogP contribution in [0.5, 0.6) is 0 Å². The molecule has 0 aliphatic carbocycles. The van der Waals surface area contributed by atoms with Gasteiger partial charge in [0.1, 0.15) is 6.04 Å². The Morgan fingerprint density at radius 1 is 1.25 bits per heavy atom. The van der Waals surface area contributed by atoms with Gasteiger partial charge in [-0.3, -0.25) is 4.79 Å². The molecule has 0 aliphatic heterocycles. The van der Waals surface area contributed by atoms with Crippen LogP contribution in [-0.4, -0.2) is 23.0 Å². The maximum Gasteiger partial charge on any atom is 0.416 e. The summed E-state index contributed by atoms with van der Waals surface area (Å²) in [5.41, 5.74) is -1.19. The van der Waals surface area contributed by atoms with Gasteiger partial charge in [-0.2, -0.15) is 13.2 Å². The molecule has 0 saturated carbocycles. The molecule has 7 heteroatoms. The molecule has 0 radical (unpaired) electrons. The van der Waals surface area contributed by atoms with Crippen LogP contribution in [0.15, 0.2) is 24.3 Å². The average Bonchev–Trinajstić information content (AvgIpc) is 2.34. The lowest BCUT2D eigenvalue weighted by Gasteiger charge is -2.18. The lowest BCUT2D eigenvalue weighted by atomic mass is 10.0. The number of benzene rings is 1. The topological polar surface area (TPSA) is 66.4 Å². The number of amides is 1.